The van der Waals surface area contributed by atoms with Gasteiger partial charge in [-0.1, -0.05) is 24.3 Å². The summed E-state index contributed by atoms with van der Waals surface area (Å²) in [6, 6.07) is 9.31. The van der Waals surface area contributed by atoms with E-state index >= 15 is 0 Å². The van der Waals surface area contributed by atoms with E-state index in [4.69, 9.17) is 4.74 Å². The van der Waals surface area contributed by atoms with Crippen molar-refractivity contribution in [3.63, 3.8) is 0 Å². The average molecular weight is 254 g/mol. The molecule has 2 fully saturated rings. The van der Waals surface area contributed by atoms with E-state index in [1.807, 2.05) is 30.3 Å². The molecule has 0 amide bonds. The molecule has 0 spiro atoms. The first-order chi connectivity index (χ1) is 9.33. The van der Waals surface area contributed by atoms with Crippen molar-refractivity contribution in [1.29, 1.82) is 0 Å². The summed E-state index contributed by atoms with van der Waals surface area (Å²) in [6.07, 6.45) is 8.48. The van der Waals surface area contributed by atoms with Gasteiger partial charge in [-0.15, -0.1) is 0 Å². The van der Waals surface area contributed by atoms with Crippen LogP contribution in [0.4, 0.5) is 0 Å². The molecular formula is C17H18O2. The number of esters is 1. The van der Waals surface area contributed by atoms with Crippen LogP contribution in [0.15, 0.2) is 42.5 Å². The second kappa shape index (κ2) is 4.22. The topological polar surface area (TPSA) is 26.3 Å². The van der Waals surface area contributed by atoms with E-state index in [-0.39, 0.29) is 12.1 Å². The number of allylic oxidation sites excluding steroid dienone is 1. The van der Waals surface area contributed by atoms with Crippen molar-refractivity contribution < 1.29 is 9.53 Å². The molecule has 2 bridgehead atoms. The lowest BCUT2D eigenvalue weighted by Gasteiger charge is -2.28. The third kappa shape index (κ3) is 1.73. The number of carbonyl (C=O) groups is 1. The summed E-state index contributed by atoms with van der Waals surface area (Å²) in [5.74, 6) is 2.68. The summed E-state index contributed by atoms with van der Waals surface area (Å²) in [5, 5.41) is 0. The summed E-state index contributed by atoms with van der Waals surface area (Å²) >= 11 is 0. The zero-order valence-corrected chi connectivity index (χ0v) is 10.9. The van der Waals surface area contributed by atoms with Crippen LogP contribution in [0.2, 0.25) is 0 Å². The van der Waals surface area contributed by atoms with E-state index in [9.17, 15) is 4.79 Å². The second-order valence-electron chi connectivity index (χ2n) is 6.11. The first-order valence-corrected chi connectivity index (χ1v) is 7.27. The molecule has 4 rings (SSSR count). The molecule has 3 aliphatic rings. The number of hydrogen-bond donors (Lipinski definition) is 0. The molecule has 1 aromatic carbocycles. The third-order valence-electron chi connectivity index (χ3n) is 5.20. The van der Waals surface area contributed by atoms with E-state index in [1.54, 1.807) is 0 Å². The molecule has 0 heterocycles. The van der Waals surface area contributed by atoms with Crippen LogP contribution in [0, 0.1) is 23.7 Å². The van der Waals surface area contributed by atoms with Crippen molar-refractivity contribution >= 4 is 5.97 Å². The van der Waals surface area contributed by atoms with Crippen molar-refractivity contribution in [1.82, 2.24) is 0 Å². The Morgan fingerprint density at radius 3 is 2.68 bits per heavy atom. The molecule has 2 heteroatoms. The van der Waals surface area contributed by atoms with E-state index in [0.717, 1.165) is 11.8 Å². The number of hydrogen-bond acceptors (Lipinski definition) is 2. The molecule has 5 unspecified atom stereocenters. The van der Waals surface area contributed by atoms with Crippen LogP contribution in [0.5, 0.6) is 0 Å². The third-order valence-corrected chi connectivity index (χ3v) is 5.20. The van der Waals surface area contributed by atoms with Gasteiger partial charge >= 0.3 is 5.97 Å². The lowest BCUT2D eigenvalue weighted by atomic mass is 9.80. The first kappa shape index (κ1) is 11.3. The Balaban J connectivity index is 1.50. The largest absolute Gasteiger partial charge is 0.454 e. The quantitative estimate of drug-likeness (QED) is 0.597. The summed E-state index contributed by atoms with van der Waals surface area (Å²) in [7, 11) is 0. The Kier molecular flexibility index (Phi) is 2.51. The van der Waals surface area contributed by atoms with Gasteiger partial charge in [0.25, 0.3) is 0 Å². The van der Waals surface area contributed by atoms with Gasteiger partial charge < -0.3 is 4.74 Å². The van der Waals surface area contributed by atoms with Crippen LogP contribution in [0.1, 0.15) is 29.6 Å². The molecule has 2 saturated carbocycles. The van der Waals surface area contributed by atoms with Crippen molar-refractivity contribution in [3.8, 4) is 0 Å². The highest BCUT2D eigenvalue weighted by atomic mass is 16.5. The molecule has 19 heavy (non-hydrogen) atoms. The summed E-state index contributed by atoms with van der Waals surface area (Å²) < 4.78 is 5.74. The van der Waals surface area contributed by atoms with Gasteiger partial charge in [0.2, 0.25) is 0 Å². The summed E-state index contributed by atoms with van der Waals surface area (Å²) in [6.45, 7) is 0. The van der Waals surface area contributed by atoms with Crippen LogP contribution in [0.3, 0.4) is 0 Å². The standard InChI is InChI=1S/C17H18O2/c18-17(11-4-2-1-3-5-11)19-15-9-8-14-12-6-7-13(10-12)16(14)15/h1-5,8-9,12-16H,6-7,10H2. The maximum atomic E-state index is 12.1. The molecule has 1 aromatic rings. The van der Waals surface area contributed by atoms with Crippen molar-refractivity contribution in [2.45, 2.75) is 25.4 Å². The van der Waals surface area contributed by atoms with Crippen molar-refractivity contribution in [2.24, 2.45) is 23.7 Å². The Morgan fingerprint density at radius 1 is 1.05 bits per heavy atom. The Morgan fingerprint density at radius 2 is 1.84 bits per heavy atom. The zero-order valence-electron chi connectivity index (χ0n) is 10.9. The van der Waals surface area contributed by atoms with E-state index in [0.29, 0.717) is 17.4 Å². The van der Waals surface area contributed by atoms with Gasteiger partial charge in [0.05, 0.1) is 5.56 Å². The highest BCUT2D eigenvalue weighted by molar-refractivity contribution is 5.89. The Hall–Kier alpha value is -1.57. The first-order valence-electron chi connectivity index (χ1n) is 7.27. The fourth-order valence-corrected chi connectivity index (χ4v) is 4.40. The minimum atomic E-state index is -0.182. The molecule has 5 atom stereocenters. The molecule has 0 N–H and O–H groups in total. The number of carbonyl (C=O) groups excluding carboxylic acids is 1. The number of fused-ring (bicyclic) bond motifs is 5. The van der Waals surface area contributed by atoms with Gasteiger partial charge in [0.1, 0.15) is 6.10 Å². The molecule has 3 aliphatic carbocycles. The van der Waals surface area contributed by atoms with Crippen LogP contribution < -0.4 is 0 Å². The van der Waals surface area contributed by atoms with E-state index < -0.39 is 0 Å². The summed E-state index contributed by atoms with van der Waals surface area (Å²) in [5.41, 5.74) is 0.655. The molecular weight excluding hydrogens is 236 g/mol. The van der Waals surface area contributed by atoms with Gasteiger partial charge in [0.15, 0.2) is 0 Å². The normalized spacial score (nSPS) is 38.4. The molecule has 98 valence electrons. The predicted octanol–water partition coefficient (Wildman–Crippen LogP) is 3.44. The molecule has 2 nitrogen and oxygen atoms in total. The van der Waals surface area contributed by atoms with Gasteiger partial charge in [0, 0.05) is 5.92 Å². The summed E-state index contributed by atoms with van der Waals surface area (Å²) in [4.78, 5) is 12.1. The fraction of sp³-hybridized carbons (Fsp3) is 0.471. The van der Waals surface area contributed by atoms with Gasteiger partial charge in [-0.3, -0.25) is 0 Å². The minimum Gasteiger partial charge on any atom is -0.454 e. The Labute approximate surface area is 113 Å². The van der Waals surface area contributed by atoms with Gasteiger partial charge in [-0.25, -0.2) is 4.79 Å². The monoisotopic (exact) mass is 254 g/mol. The van der Waals surface area contributed by atoms with Crippen LogP contribution >= 0.6 is 0 Å². The molecule has 0 radical (unpaired) electrons. The Bertz CT molecular complexity index is 519. The molecule has 0 aliphatic heterocycles. The predicted molar refractivity (Wildman–Crippen MR) is 72.6 cm³/mol. The lowest BCUT2D eigenvalue weighted by Crippen LogP contribution is -2.30. The molecule has 0 aromatic heterocycles. The minimum absolute atomic E-state index is 0.00741. The second-order valence-corrected chi connectivity index (χ2v) is 6.11. The van der Waals surface area contributed by atoms with Crippen molar-refractivity contribution in [2.75, 3.05) is 0 Å². The highest BCUT2D eigenvalue weighted by Gasteiger charge is 2.52. The number of rotatable bonds is 2. The smallest absolute Gasteiger partial charge is 0.338 e. The van der Waals surface area contributed by atoms with Gasteiger partial charge in [-0.2, -0.15) is 0 Å². The average Bonchev–Trinajstić information content (AvgIpc) is 3.13. The van der Waals surface area contributed by atoms with E-state index in [1.165, 1.54) is 19.3 Å². The number of benzene rings is 1. The van der Waals surface area contributed by atoms with Crippen LogP contribution in [-0.4, -0.2) is 12.1 Å². The fourth-order valence-electron chi connectivity index (χ4n) is 4.40. The van der Waals surface area contributed by atoms with Gasteiger partial charge in [-0.05, 0) is 55.2 Å². The van der Waals surface area contributed by atoms with Crippen LogP contribution in [-0.2, 0) is 4.74 Å². The van der Waals surface area contributed by atoms with E-state index in [2.05, 4.69) is 12.2 Å². The molecule has 0 saturated heterocycles. The SMILES string of the molecule is O=C(OC1C=CC2C3CCC(C3)C12)c1ccccc1. The maximum absolute atomic E-state index is 12.1. The van der Waals surface area contributed by atoms with Crippen molar-refractivity contribution in [3.05, 3.63) is 48.0 Å². The maximum Gasteiger partial charge on any atom is 0.338 e. The van der Waals surface area contributed by atoms with Crippen LogP contribution in [0.25, 0.3) is 0 Å². The zero-order chi connectivity index (χ0) is 12.8. The number of ether oxygens (including phenoxy) is 1. The lowest BCUT2D eigenvalue weighted by molar-refractivity contribution is 0.0189. The highest BCUT2D eigenvalue weighted by Crippen LogP contribution is 2.56.